The lowest BCUT2D eigenvalue weighted by Crippen LogP contribution is -2.11. The van der Waals surface area contributed by atoms with Gasteiger partial charge in [0.15, 0.2) is 11.5 Å². The molecule has 0 aliphatic heterocycles. The minimum atomic E-state index is 0.314. The Morgan fingerprint density at radius 2 is 1.70 bits per heavy atom. The van der Waals surface area contributed by atoms with Crippen LogP contribution in [0.2, 0.25) is 0 Å². The number of benzene rings is 2. The monoisotopic (exact) mass is 307 g/mol. The Labute approximate surface area is 137 Å². The molecule has 3 heteroatoms. The van der Waals surface area contributed by atoms with Gasteiger partial charge in [0.05, 0.1) is 24.8 Å². The quantitative estimate of drug-likeness (QED) is 0.818. The second-order valence-corrected chi connectivity index (χ2v) is 6.00. The smallest absolute Gasteiger partial charge is 0.161 e. The van der Waals surface area contributed by atoms with E-state index in [0.29, 0.717) is 11.7 Å². The average molecular weight is 307 g/mol. The van der Waals surface area contributed by atoms with Crippen molar-refractivity contribution in [3.05, 3.63) is 59.2 Å². The molecule has 2 aromatic carbocycles. The molecule has 1 aliphatic rings. The third-order valence-corrected chi connectivity index (χ3v) is 4.32. The lowest BCUT2D eigenvalue weighted by atomic mass is 10.0. The first-order valence-corrected chi connectivity index (χ1v) is 8.11. The summed E-state index contributed by atoms with van der Waals surface area (Å²) in [6, 6.07) is 16.0. The number of nitriles is 1. The highest BCUT2D eigenvalue weighted by molar-refractivity contribution is 5.44. The van der Waals surface area contributed by atoms with Crippen LogP contribution in [0.1, 0.15) is 42.4 Å². The standard InChI is InChI=1S/C20H21NO2/c1-22-19-11-10-17(12-15-6-8-16(14-21)9-7-15)13-20(19)23-18-4-2-3-5-18/h6-11,13,18H,2-5,12H2,1H3. The fourth-order valence-electron chi connectivity index (χ4n) is 3.04. The van der Waals surface area contributed by atoms with Crippen molar-refractivity contribution in [1.82, 2.24) is 0 Å². The third kappa shape index (κ3) is 3.84. The van der Waals surface area contributed by atoms with Gasteiger partial charge in [-0.05, 0) is 67.5 Å². The van der Waals surface area contributed by atoms with Gasteiger partial charge in [0.1, 0.15) is 0 Å². The molecular formula is C20H21NO2. The summed E-state index contributed by atoms with van der Waals surface area (Å²) in [5, 5.41) is 8.87. The minimum absolute atomic E-state index is 0.314. The normalized spacial score (nSPS) is 14.4. The molecule has 23 heavy (non-hydrogen) atoms. The van der Waals surface area contributed by atoms with Crippen LogP contribution in [0.3, 0.4) is 0 Å². The molecule has 0 atom stereocenters. The van der Waals surface area contributed by atoms with Crippen LogP contribution in [-0.2, 0) is 6.42 Å². The molecule has 3 rings (SSSR count). The largest absolute Gasteiger partial charge is 0.493 e. The van der Waals surface area contributed by atoms with Crippen LogP contribution in [-0.4, -0.2) is 13.2 Å². The van der Waals surface area contributed by atoms with Crippen molar-refractivity contribution in [2.75, 3.05) is 7.11 Å². The van der Waals surface area contributed by atoms with E-state index in [2.05, 4.69) is 18.2 Å². The second-order valence-electron chi connectivity index (χ2n) is 6.00. The van der Waals surface area contributed by atoms with E-state index in [4.69, 9.17) is 14.7 Å². The Balaban J connectivity index is 1.77. The summed E-state index contributed by atoms with van der Waals surface area (Å²) in [6.45, 7) is 0. The Hall–Kier alpha value is -2.47. The van der Waals surface area contributed by atoms with E-state index in [9.17, 15) is 0 Å². The SMILES string of the molecule is COc1ccc(Cc2ccc(C#N)cc2)cc1OC1CCCC1. The molecule has 0 bridgehead atoms. The minimum Gasteiger partial charge on any atom is -0.493 e. The van der Waals surface area contributed by atoms with E-state index in [1.54, 1.807) is 7.11 Å². The van der Waals surface area contributed by atoms with E-state index in [-0.39, 0.29) is 0 Å². The number of hydrogen-bond acceptors (Lipinski definition) is 3. The first-order chi connectivity index (χ1) is 11.3. The van der Waals surface area contributed by atoms with Gasteiger partial charge in [-0.1, -0.05) is 18.2 Å². The summed E-state index contributed by atoms with van der Waals surface area (Å²) in [7, 11) is 1.68. The van der Waals surface area contributed by atoms with Crippen LogP contribution in [0.15, 0.2) is 42.5 Å². The molecule has 1 fully saturated rings. The van der Waals surface area contributed by atoms with E-state index in [1.165, 1.54) is 24.0 Å². The number of ether oxygens (including phenoxy) is 2. The van der Waals surface area contributed by atoms with Gasteiger partial charge >= 0.3 is 0 Å². The average Bonchev–Trinajstić information content (AvgIpc) is 3.09. The van der Waals surface area contributed by atoms with Crippen molar-refractivity contribution in [1.29, 1.82) is 5.26 Å². The molecular weight excluding hydrogens is 286 g/mol. The molecule has 0 N–H and O–H groups in total. The molecule has 0 saturated heterocycles. The maximum atomic E-state index is 8.87. The molecule has 3 nitrogen and oxygen atoms in total. The van der Waals surface area contributed by atoms with Gasteiger partial charge in [0.2, 0.25) is 0 Å². The Kier molecular flexibility index (Phi) is 4.83. The van der Waals surface area contributed by atoms with Gasteiger partial charge in [-0.25, -0.2) is 0 Å². The number of hydrogen-bond donors (Lipinski definition) is 0. The topological polar surface area (TPSA) is 42.2 Å². The van der Waals surface area contributed by atoms with E-state index < -0.39 is 0 Å². The second kappa shape index (κ2) is 7.19. The van der Waals surface area contributed by atoms with Gasteiger partial charge in [-0.2, -0.15) is 5.26 Å². The Morgan fingerprint density at radius 3 is 2.35 bits per heavy atom. The van der Waals surface area contributed by atoms with Crippen LogP contribution in [0, 0.1) is 11.3 Å². The van der Waals surface area contributed by atoms with Gasteiger partial charge in [0, 0.05) is 0 Å². The zero-order valence-electron chi connectivity index (χ0n) is 13.4. The van der Waals surface area contributed by atoms with E-state index in [0.717, 1.165) is 30.8 Å². The summed E-state index contributed by atoms with van der Waals surface area (Å²) in [5.41, 5.74) is 3.05. The zero-order valence-corrected chi connectivity index (χ0v) is 13.4. The van der Waals surface area contributed by atoms with Crippen LogP contribution in [0.5, 0.6) is 11.5 Å². The first kappa shape index (κ1) is 15.4. The van der Waals surface area contributed by atoms with Gasteiger partial charge in [-0.15, -0.1) is 0 Å². The molecule has 0 heterocycles. The summed E-state index contributed by atoms with van der Waals surface area (Å²) in [6.07, 6.45) is 5.88. The third-order valence-electron chi connectivity index (χ3n) is 4.32. The molecule has 2 aromatic rings. The Bertz CT molecular complexity index is 695. The van der Waals surface area contributed by atoms with Crippen LogP contribution < -0.4 is 9.47 Å². The fourth-order valence-corrected chi connectivity index (χ4v) is 3.04. The molecule has 0 radical (unpaired) electrons. The fraction of sp³-hybridized carbons (Fsp3) is 0.350. The summed E-state index contributed by atoms with van der Waals surface area (Å²) in [5.74, 6) is 1.63. The molecule has 0 amide bonds. The zero-order chi connectivity index (χ0) is 16.1. The van der Waals surface area contributed by atoms with Crippen molar-refractivity contribution in [2.45, 2.75) is 38.2 Å². The highest BCUT2D eigenvalue weighted by Crippen LogP contribution is 2.33. The molecule has 118 valence electrons. The van der Waals surface area contributed by atoms with Crippen molar-refractivity contribution in [2.24, 2.45) is 0 Å². The van der Waals surface area contributed by atoms with Gasteiger partial charge in [0.25, 0.3) is 0 Å². The van der Waals surface area contributed by atoms with E-state index in [1.807, 2.05) is 30.3 Å². The van der Waals surface area contributed by atoms with Crippen molar-refractivity contribution in [3.63, 3.8) is 0 Å². The molecule has 0 aromatic heterocycles. The van der Waals surface area contributed by atoms with Crippen LogP contribution in [0.4, 0.5) is 0 Å². The highest BCUT2D eigenvalue weighted by atomic mass is 16.5. The van der Waals surface area contributed by atoms with Crippen LogP contribution in [0.25, 0.3) is 0 Å². The lowest BCUT2D eigenvalue weighted by molar-refractivity contribution is 0.200. The molecule has 0 spiro atoms. The van der Waals surface area contributed by atoms with Crippen molar-refractivity contribution < 1.29 is 9.47 Å². The lowest BCUT2D eigenvalue weighted by Gasteiger charge is -2.17. The predicted molar refractivity (Wildman–Crippen MR) is 89.8 cm³/mol. The van der Waals surface area contributed by atoms with Crippen molar-refractivity contribution in [3.8, 4) is 17.6 Å². The number of methoxy groups -OCH3 is 1. The summed E-state index contributed by atoms with van der Waals surface area (Å²) in [4.78, 5) is 0. The van der Waals surface area contributed by atoms with Crippen molar-refractivity contribution >= 4 is 0 Å². The molecule has 0 unspecified atom stereocenters. The van der Waals surface area contributed by atoms with Crippen LogP contribution >= 0.6 is 0 Å². The number of nitrogens with zero attached hydrogens (tertiary/aromatic N) is 1. The summed E-state index contributed by atoms with van der Waals surface area (Å²) < 4.78 is 11.6. The highest BCUT2D eigenvalue weighted by Gasteiger charge is 2.18. The van der Waals surface area contributed by atoms with Gasteiger partial charge in [-0.3, -0.25) is 0 Å². The predicted octanol–water partition coefficient (Wildman–Crippen LogP) is 4.48. The summed E-state index contributed by atoms with van der Waals surface area (Å²) >= 11 is 0. The molecule has 1 saturated carbocycles. The van der Waals surface area contributed by atoms with E-state index >= 15 is 0 Å². The number of rotatable bonds is 5. The molecule has 1 aliphatic carbocycles. The Morgan fingerprint density at radius 1 is 1.00 bits per heavy atom. The first-order valence-electron chi connectivity index (χ1n) is 8.11. The maximum Gasteiger partial charge on any atom is 0.161 e. The van der Waals surface area contributed by atoms with Gasteiger partial charge < -0.3 is 9.47 Å². The maximum absolute atomic E-state index is 8.87.